The minimum Gasteiger partial charge on any atom is -0.493 e. The number of rotatable bonds is 8. The van der Waals surface area contributed by atoms with Gasteiger partial charge in [0.2, 0.25) is 0 Å². The Balaban J connectivity index is 1.53. The van der Waals surface area contributed by atoms with Crippen LogP contribution in [0.2, 0.25) is 0 Å². The lowest BCUT2D eigenvalue weighted by atomic mass is 10.3. The molecule has 1 aromatic heterocycles. The highest BCUT2D eigenvalue weighted by molar-refractivity contribution is 8.00. The number of methoxy groups -OCH3 is 2. The zero-order chi connectivity index (χ0) is 21.5. The molecule has 0 unspecified atom stereocenters. The third kappa shape index (κ3) is 5.07. The highest BCUT2D eigenvalue weighted by Gasteiger charge is 2.30. The Labute approximate surface area is 178 Å². The molecule has 30 heavy (non-hydrogen) atoms. The fraction of sp³-hybridized carbons (Fsp3) is 0.350. The van der Waals surface area contributed by atoms with E-state index in [4.69, 9.17) is 13.9 Å². The minimum atomic E-state index is -0.477. The van der Waals surface area contributed by atoms with Crippen LogP contribution >= 0.6 is 11.8 Å². The number of hydrogen-bond acceptors (Lipinski definition) is 7. The lowest BCUT2D eigenvalue weighted by Crippen LogP contribution is -2.49. The predicted octanol–water partition coefficient (Wildman–Crippen LogP) is 1.79. The average molecular weight is 433 g/mol. The van der Waals surface area contributed by atoms with Crippen molar-refractivity contribution >= 4 is 29.5 Å². The summed E-state index contributed by atoms with van der Waals surface area (Å²) in [6, 6.07) is 8.52. The van der Waals surface area contributed by atoms with E-state index in [0.717, 1.165) is 4.90 Å². The van der Waals surface area contributed by atoms with Gasteiger partial charge in [0.15, 0.2) is 17.3 Å². The van der Waals surface area contributed by atoms with E-state index in [1.807, 2.05) is 6.07 Å². The molecule has 9 nitrogen and oxygen atoms in total. The molecule has 0 radical (unpaired) electrons. The smallest absolute Gasteiger partial charge is 0.287 e. The SMILES string of the molecule is COc1ccc(SCC(=O)N2CCCN2C(=O)CNC(=O)c2ccco2)cc1OC. The summed E-state index contributed by atoms with van der Waals surface area (Å²) in [5.41, 5.74) is 0. The van der Waals surface area contributed by atoms with Gasteiger partial charge in [-0.1, -0.05) is 0 Å². The summed E-state index contributed by atoms with van der Waals surface area (Å²) in [6.45, 7) is 0.678. The quantitative estimate of drug-likeness (QED) is 0.634. The topological polar surface area (TPSA) is 101 Å². The molecule has 1 aliphatic heterocycles. The van der Waals surface area contributed by atoms with Gasteiger partial charge in [-0.15, -0.1) is 11.8 Å². The van der Waals surface area contributed by atoms with E-state index in [-0.39, 0.29) is 29.9 Å². The molecule has 0 saturated carbocycles. The van der Waals surface area contributed by atoms with E-state index in [9.17, 15) is 14.4 Å². The zero-order valence-corrected chi connectivity index (χ0v) is 17.6. The van der Waals surface area contributed by atoms with Gasteiger partial charge in [0, 0.05) is 18.0 Å². The number of benzene rings is 1. The van der Waals surface area contributed by atoms with Crippen LogP contribution in [0.4, 0.5) is 0 Å². The number of hydrogen-bond donors (Lipinski definition) is 1. The van der Waals surface area contributed by atoms with Crippen molar-refractivity contribution in [2.45, 2.75) is 11.3 Å². The maximum absolute atomic E-state index is 12.7. The Kier molecular flexibility index (Phi) is 7.23. The van der Waals surface area contributed by atoms with E-state index < -0.39 is 5.91 Å². The lowest BCUT2D eigenvalue weighted by Gasteiger charge is -2.28. The fourth-order valence-corrected chi connectivity index (χ4v) is 3.79. The molecule has 10 heteroatoms. The Morgan fingerprint density at radius 3 is 2.47 bits per heavy atom. The molecule has 1 aliphatic rings. The number of carbonyl (C=O) groups excluding carboxylic acids is 3. The van der Waals surface area contributed by atoms with Crippen molar-refractivity contribution in [1.82, 2.24) is 15.3 Å². The third-order valence-corrected chi connectivity index (χ3v) is 5.45. The van der Waals surface area contributed by atoms with Crippen molar-refractivity contribution in [3.8, 4) is 11.5 Å². The van der Waals surface area contributed by atoms with Crippen LogP contribution < -0.4 is 14.8 Å². The number of thioether (sulfide) groups is 1. The lowest BCUT2D eigenvalue weighted by molar-refractivity contribution is -0.155. The molecule has 1 fully saturated rings. The summed E-state index contributed by atoms with van der Waals surface area (Å²) in [6.07, 6.45) is 2.07. The molecule has 1 saturated heterocycles. The minimum absolute atomic E-state index is 0.128. The van der Waals surface area contributed by atoms with Crippen molar-refractivity contribution in [1.29, 1.82) is 0 Å². The first kappa shape index (κ1) is 21.6. The van der Waals surface area contributed by atoms with E-state index in [2.05, 4.69) is 5.32 Å². The number of hydrazine groups is 1. The number of nitrogens with one attached hydrogen (secondary N) is 1. The van der Waals surface area contributed by atoms with Gasteiger partial charge in [-0.25, -0.2) is 5.01 Å². The van der Waals surface area contributed by atoms with Gasteiger partial charge in [-0.2, -0.15) is 0 Å². The van der Waals surface area contributed by atoms with E-state index in [1.165, 1.54) is 34.1 Å². The first-order chi connectivity index (χ1) is 14.5. The van der Waals surface area contributed by atoms with Crippen LogP contribution in [0, 0.1) is 0 Å². The van der Waals surface area contributed by atoms with E-state index in [1.54, 1.807) is 32.4 Å². The number of furan rings is 1. The molecule has 2 aromatic rings. The molecule has 0 spiro atoms. The second-order valence-corrected chi connectivity index (χ2v) is 7.40. The summed E-state index contributed by atoms with van der Waals surface area (Å²) >= 11 is 1.35. The van der Waals surface area contributed by atoms with Crippen molar-refractivity contribution in [3.05, 3.63) is 42.4 Å². The van der Waals surface area contributed by atoms with E-state index in [0.29, 0.717) is 31.0 Å². The van der Waals surface area contributed by atoms with Gasteiger partial charge in [-0.05, 0) is 36.8 Å². The number of carbonyl (C=O) groups is 3. The maximum atomic E-state index is 12.7. The van der Waals surface area contributed by atoms with Crippen molar-refractivity contribution in [2.75, 3.05) is 39.6 Å². The molecule has 0 atom stereocenters. The van der Waals surface area contributed by atoms with Crippen LogP contribution in [0.25, 0.3) is 0 Å². The van der Waals surface area contributed by atoms with Crippen LogP contribution in [-0.4, -0.2) is 67.3 Å². The Morgan fingerprint density at radius 2 is 1.80 bits per heavy atom. The Bertz CT molecular complexity index is 902. The van der Waals surface area contributed by atoms with Crippen LogP contribution in [0.5, 0.6) is 11.5 Å². The summed E-state index contributed by atoms with van der Waals surface area (Å²) in [5.74, 6) is 0.479. The molecule has 160 valence electrons. The van der Waals surface area contributed by atoms with Crippen LogP contribution in [0.3, 0.4) is 0 Å². The van der Waals surface area contributed by atoms with Gasteiger partial charge in [0.05, 0.1) is 32.8 Å². The second-order valence-electron chi connectivity index (χ2n) is 6.35. The third-order valence-electron chi connectivity index (χ3n) is 4.47. The van der Waals surface area contributed by atoms with Crippen molar-refractivity contribution in [3.63, 3.8) is 0 Å². The molecule has 3 rings (SSSR count). The standard InChI is InChI=1S/C20H23N3O6S/c1-27-15-7-6-14(11-17(15)28-2)30-13-19(25)23-9-4-8-22(23)18(24)12-21-20(26)16-5-3-10-29-16/h3,5-7,10-11H,4,8-9,12-13H2,1-2H3,(H,21,26). The van der Waals surface area contributed by atoms with Crippen molar-refractivity contribution < 1.29 is 28.3 Å². The van der Waals surface area contributed by atoms with Gasteiger partial charge >= 0.3 is 0 Å². The first-order valence-electron chi connectivity index (χ1n) is 9.30. The van der Waals surface area contributed by atoms with Crippen LogP contribution in [0.1, 0.15) is 17.0 Å². The van der Waals surface area contributed by atoms with Crippen molar-refractivity contribution in [2.24, 2.45) is 0 Å². The van der Waals surface area contributed by atoms with Gasteiger partial charge in [0.25, 0.3) is 17.7 Å². The summed E-state index contributed by atoms with van der Waals surface area (Å²) in [5, 5.41) is 5.34. The Hall–Kier alpha value is -3.14. The van der Waals surface area contributed by atoms with Gasteiger partial charge in [0.1, 0.15) is 0 Å². The highest BCUT2D eigenvalue weighted by Crippen LogP contribution is 2.32. The van der Waals surface area contributed by atoms with E-state index >= 15 is 0 Å². The molecule has 3 amide bonds. The molecule has 1 aromatic carbocycles. The maximum Gasteiger partial charge on any atom is 0.287 e. The molecular formula is C20H23N3O6S. The molecule has 0 bridgehead atoms. The molecular weight excluding hydrogens is 410 g/mol. The summed E-state index contributed by atoms with van der Waals surface area (Å²) in [7, 11) is 3.11. The molecule has 0 aliphatic carbocycles. The number of nitrogens with zero attached hydrogens (tertiary/aromatic N) is 2. The summed E-state index contributed by atoms with van der Waals surface area (Å²) < 4.78 is 15.5. The highest BCUT2D eigenvalue weighted by atomic mass is 32.2. The van der Waals surface area contributed by atoms with Crippen LogP contribution in [-0.2, 0) is 9.59 Å². The average Bonchev–Trinajstić information content (AvgIpc) is 3.47. The first-order valence-corrected chi connectivity index (χ1v) is 10.3. The molecule has 2 heterocycles. The van der Waals surface area contributed by atoms with Gasteiger partial charge < -0.3 is 19.2 Å². The predicted molar refractivity (Wildman–Crippen MR) is 109 cm³/mol. The number of amides is 3. The number of ether oxygens (including phenoxy) is 2. The molecule has 1 N–H and O–H groups in total. The normalized spacial score (nSPS) is 13.3. The van der Waals surface area contributed by atoms with Crippen LogP contribution in [0.15, 0.2) is 45.9 Å². The summed E-state index contributed by atoms with van der Waals surface area (Å²) in [4.78, 5) is 38.0. The monoisotopic (exact) mass is 433 g/mol. The Morgan fingerprint density at radius 1 is 1.07 bits per heavy atom. The van der Waals surface area contributed by atoms with Gasteiger partial charge in [-0.3, -0.25) is 19.4 Å². The largest absolute Gasteiger partial charge is 0.493 e. The second kappa shape index (κ2) is 10.1. The fourth-order valence-electron chi connectivity index (χ4n) is 3.00. The zero-order valence-electron chi connectivity index (χ0n) is 16.8.